The molecule has 0 radical (unpaired) electrons. The van der Waals surface area contributed by atoms with Crippen LogP contribution in [0, 0.1) is 0 Å². The third-order valence-electron chi connectivity index (χ3n) is 1.93. The van der Waals surface area contributed by atoms with E-state index in [-0.39, 0.29) is 0 Å². The number of primary amides is 1. The van der Waals surface area contributed by atoms with Crippen molar-refractivity contribution in [3.63, 3.8) is 0 Å². The highest BCUT2D eigenvalue weighted by atomic mass is 79.9. The van der Waals surface area contributed by atoms with Crippen LogP contribution in [0.25, 0.3) is 0 Å². The lowest BCUT2D eigenvalue weighted by atomic mass is 10.1. The number of amides is 1. The van der Waals surface area contributed by atoms with Gasteiger partial charge in [0, 0.05) is 0 Å². The molecule has 0 spiro atoms. The molecule has 1 aromatic rings. The SMILES string of the molecule is NC(=O)C(Br)(Br)CCc1ccccc1. The molecule has 0 unspecified atom stereocenters. The van der Waals surface area contributed by atoms with Crippen LogP contribution in [0.2, 0.25) is 0 Å². The summed E-state index contributed by atoms with van der Waals surface area (Å²) in [6.07, 6.45) is 1.44. The average molecular weight is 321 g/mol. The minimum atomic E-state index is -0.782. The number of benzene rings is 1. The molecule has 0 atom stereocenters. The molecule has 0 aliphatic rings. The number of nitrogens with two attached hydrogens (primary N) is 1. The van der Waals surface area contributed by atoms with E-state index in [0.717, 1.165) is 6.42 Å². The normalized spacial score (nSPS) is 11.3. The molecule has 1 aromatic carbocycles. The van der Waals surface area contributed by atoms with Crippen LogP contribution < -0.4 is 5.73 Å². The fraction of sp³-hybridized carbons (Fsp3) is 0.300. The number of carbonyl (C=O) groups excluding carboxylic acids is 1. The Balaban J connectivity index is 2.53. The van der Waals surface area contributed by atoms with E-state index in [9.17, 15) is 4.79 Å². The first-order valence-electron chi connectivity index (χ1n) is 4.24. The number of alkyl halides is 2. The van der Waals surface area contributed by atoms with Crippen LogP contribution in [-0.2, 0) is 11.2 Å². The summed E-state index contributed by atoms with van der Waals surface area (Å²) < 4.78 is -0.782. The summed E-state index contributed by atoms with van der Waals surface area (Å²) in [5.74, 6) is -0.395. The number of rotatable bonds is 4. The van der Waals surface area contributed by atoms with Gasteiger partial charge in [0.2, 0.25) is 5.91 Å². The predicted molar refractivity (Wildman–Crippen MR) is 64.5 cm³/mol. The molecule has 0 aliphatic heterocycles. The third-order valence-corrected chi connectivity index (χ3v) is 3.51. The maximum atomic E-state index is 11.0. The number of halogens is 2. The van der Waals surface area contributed by atoms with E-state index < -0.39 is 9.14 Å². The van der Waals surface area contributed by atoms with E-state index in [2.05, 4.69) is 31.9 Å². The molecule has 0 saturated heterocycles. The minimum absolute atomic E-state index is 0.395. The highest BCUT2D eigenvalue weighted by Crippen LogP contribution is 2.31. The maximum Gasteiger partial charge on any atom is 0.245 e. The summed E-state index contributed by atoms with van der Waals surface area (Å²) in [6, 6.07) is 9.97. The number of hydrogen-bond donors (Lipinski definition) is 1. The summed E-state index contributed by atoms with van der Waals surface area (Å²) in [5, 5.41) is 0. The van der Waals surface area contributed by atoms with E-state index in [1.165, 1.54) is 5.56 Å². The van der Waals surface area contributed by atoms with E-state index in [1.807, 2.05) is 30.3 Å². The summed E-state index contributed by atoms with van der Waals surface area (Å²) in [4.78, 5) is 11.0. The number of carbonyl (C=O) groups is 1. The van der Waals surface area contributed by atoms with Gasteiger partial charge in [0.15, 0.2) is 3.23 Å². The van der Waals surface area contributed by atoms with Gasteiger partial charge in [-0.15, -0.1) is 0 Å². The highest BCUT2D eigenvalue weighted by molar-refractivity contribution is 9.25. The van der Waals surface area contributed by atoms with Gasteiger partial charge in [-0.25, -0.2) is 0 Å². The Morgan fingerprint density at radius 3 is 2.36 bits per heavy atom. The zero-order valence-electron chi connectivity index (χ0n) is 7.54. The molecular formula is C10H11Br2NO. The summed E-state index contributed by atoms with van der Waals surface area (Å²) in [5.41, 5.74) is 6.39. The summed E-state index contributed by atoms with van der Waals surface area (Å²) >= 11 is 6.49. The first-order chi connectivity index (χ1) is 6.52. The lowest BCUT2D eigenvalue weighted by Crippen LogP contribution is -2.32. The third kappa shape index (κ3) is 3.42. The van der Waals surface area contributed by atoms with Crippen LogP contribution in [0.5, 0.6) is 0 Å². The van der Waals surface area contributed by atoms with E-state index >= 15 is 0 Å². The van der Waals surface area contributed by atoms with E-state index in [4.69, 9.17) is 5.73 Å². The second-order valence-corrected chi connectivity index (χ2v) is 6.83. The first-order valence-corrected chi connectivity index (χ1v) is 5.82. The topological polar surface area (TPSA) is 43.1 Å². The van der Waals surface area contributed by atoms with Crippen LogP contribution in [0.4, 0.5) is 0 Å². The van der Waals surface area contributed by atoms with E-state index in [0.29, 0.717) is 6.42 Å². The van der Waals surface area contributed by atoms with Crippen molar-refractivity contribution >= 4 is 37.8 Å². The predicted octanol–water partition coefficient (Wildman–Crippen LogP) is 2.59. The van der Waals surface area contributed by atoms with Crippen LogP contribution in [-0.4, -0.2) is 9.14 Å². The molecule has 14 heavy (non-hydrogen) atoms. The Bertz CT molecular complexity index is 311. The Kier molecular flexibility index (Phi) is 4.13. The second-order valence-electron chi connectivity index (χ2n) is 3.05. The van der Waals surface area contributed by atoms with Gasteiger partial charge in [-0.3, -0.25) is 4.79 Å². The zero-order chi connectivity index (χ0) is 10.6. The van der Waals surface area contributed by atoms with Gasteiger partial charge in [-0.2, -0.15) is 0 Å². The molecule has 0 fully saturated rings. The second kappa shape index (κ2) is 4.94. The quantitative estimate of drug-likeness (QED) is 0.851. The van der Waals surface area contributed by atoms with Crippen LogP contribution in [0.1, 0.15) is 12.0 Å². The van der Waals surface area contributed by atoms with Crippen LogP contribution >= 0.6 is 31.9 Å². The molecular weight excluding hydrogens is 310 g/mol. The van der Waals surface area contributed by atoms with Crippen molar-refractivity contribution in [2.24, 2.45) is 5.73 Å². The highest BCUT2D eigenvalue weighted by Gasteiger charge is 2.29. The van der Waals surface area contributed by atoms with Crippen LogP contribution in [0.15, 0.2) is 30.3 Å². The van der Waals surface area contributed by atoms with E-state index in [1.54, 1.807) is 0 Å². The minimum Gasteiger partial charge on any atom is -0.368 e. The zero-order valence-corrected chi connectivity index (χ0v) is 10.7. The summed E-state index contributed by atoms with van der Waals surface area (Å²) in [7, 11) is 0. The lowest BCUT2D eigenvalue weighted by molar-refractivity contribution is -0.118. The van der Waals surface area contributed by atoms with Crippen molar-refractivity contribution in [1.82, 2.24) is 0 Å². The van der Waals surface area contributed by atoms with Crippen molar-refractivity contribution in [1.29, 1.82) is 0 Å². The average Bonchev–Trinajstić information content (AvgIpc) is 2.16. The molecule has 1 rings (SSSR count). The fourth-order valence-corrected chi connectivity index (χ4v) is 1.47. The molecule has 2 nitrogen and oxygen atoms in total. The van der Waals surface area contributed by atoms with Gasteiger partial charge < -0.3 is 5.73 Å². The molecule has 0 bridgehead atoms. The Morgan fingerprint density at radius 1 is 1.29 bits per heavy atom. The lowest BCUT2D eigenvalue weighted by Gasteiger charge is -2.15. The molecule has 4 heteroatoms. The van der Waals surface area contributed by atoms with Gasteiger partial charge in [0.25, 0.3) is 0 Å². The number of aryl methyl sites for hydroxylation is 1. The van der Waals surface area contributed by atoms with Crippen molar-refractivity contribution < 1.29 is 4.79 Å². The van der Waals surface area contributed by atoms with Gasteiger partial charge in [-0.1, -0.05) is 62.2 Å². The van der Waals surface area contributed by atoms with Gasteiger partial charge in [-0.05, 0) is 18.4 Å². The van der Waals surface area contributed by atoms with Crippen molar-refractivity contribution in [3.05, 3.63) is 35.9 Å². The largest absolute Gasteiger partial charge is 0.368 e. The first kappa shape index (κ1) is 11.7. The fourth-order valence-electron chi connectivity index (χ4n) is 1.07. The Morgan fingerprint density at radius 2 is 1.86 bits per heavy atom. The van der Waals surface area contributed by atoms with Gasteiger partial charge in [0.05, 0.1) is 0 Å². The van der Waals surface area contributed by atoms with Crippen molar-refractivity contribution in [3.8, 4) is 0 Å². The smallest absolute Gasteiger partial charge is 0.245 e. The van der Waals surface area contributed by atoms with Gasteiger partial charge in [0.1, 0.15) is 0 Å². The van der Waals surface area contributed by atoms with Crippen LogP contribution in [0.3, 0.4) is 0 Å². The Hall–Kier alpha value is -0.350. The van der Waals surface area contributed by atoms with Crippen molar-refractivity contribution in [2.45, 2.75) is 16.1 Å². The Labute approximate surface area is 100 Å². The molecule has 2 N–H and O–H groups in total. The van der Waals surface area contributed by atoms with Gasteiger partial charge >= 0.3 is 0 Å². The molecule has 76 valence electrons. The molecule has 0 aliphatic carbocycles. The molecule has 1 amide bonds. The number of hydrogen-bond acceptors (Lipinski definition) is 1. The molecule has 0 heterocycles. The summed E-state index contributed by atoms with van der Waals surface area (Å²) in [6.45, 7) is 0. The monoisotopic (exact) mass is 319 g/mol. The maximum absolute atomic E-state index is 11.0. The van der Waals surface area contributed by atoms with Crippen molar-refractivity contribution in [2.75, 3.05) is 0 Å². The molecule has 0 aromatic heterocycles. The standard InChI is InChI=1S/C10H11Br2NO/c11-10(12,9(13)14)7-6-8-4-2-1-3-5-8/h1-5H,6-7H2,(H2,13,14). The molecule has 0 saturated carbocycles.